The molecule has 0 amide bonds. The van der Waals surface area contributed by atoms with Crippen molar-refractivity contribution in [1.29, 1.82) is 0 Å². The van der Waals surface area contributed by atoms with Gasteiger partial charge in [0.2, 0.25) is 0 Å². The number of nitrogens with zero attached hydrogens (tertiary/aromatic N) is 2. The van der Waals surface area contributed by atoms with E-state index in [2.05, 4.69) is 16.3 Å². The van der Waals surface area contributed by atoms with Crippen LogP contribution in [0.15, 0.2) is 36.7 Å². The van der Waals surface area contributed by atoms with Crippen molar-refractivity contribution >= 4 is 16.8 Å². The fourth-order valence-electron chi connectivity index (χ4n) is 1.32. The van der Waals surface area contributed by atoms with Gasteiger partial charge in [-0.2, -0.15) is 10.2 Å². The van der Waals surface area contributed by atoms with Crippen LogP contribution in [0.25, 0.3) is 16.8 Å². The first-order valence-corrected chi connectivity index (χ1v) is 4.47. The fourth-order valence-corrected chi connectivity index (χ4v) is 1.32. The van der Waals surface area contributed by atoms with Gasteiger partial charge in [-0.25, -0.2) is 0 Å². The van der Waals surface area contributed by atoms with Gasteiger partial charge in [0.25, 0.3) is 0 Å². The molecule has 0 aliphatic carbocycles. The minimum Gasteiger partial charge on any atom is -0.327 e. The van der Waals surface area contributed by atoms with E-state index in [0.717, 1.165) is 16.3 Å². The summed E-state index contributed by atoms with van der Waals surface area (Å²) in [4.78, 5) is 0. The highest BCUT2D eigenvalue weighted by Gasteiger charge is 1.93. The van der Waals surface area contributed by atoms with Gasteiger partial charge in [-0.3, -0.25) is 0 Å². The van der Waals surface area contributed by atoms with Gasteiger partial charge in [0, 0.05) is 17.3 Å². The van der Waals surface area contributed by atoms with E-state index in [1.54, 1.807) is 12.4 Å². The van der Waals surface area contributed by atoms with E-state index >= 15 is 0 Å². The van der Waals surface area contributed by atoms with E-state index in [1.165, 1.54) is 0 Å². The Bertz CT molecular complexity index is 463. The van der Waals surface area contributed by atoms with E-state index in [-0.39, 0.29) is 0 Å². The predicted molar refractivity (Wildman–Crippen MR) is 57.6 cm³/mol. The zero-order chi connectivity index (χ0) is 9.80. The number of aromatic nitrogens is 2. The number of fused-ring (bicyclic) bond motifs is 1. The van der Waals surface area contributed by atoms with Gasteiger partial charge in [0.05, 0.1) is 12.4 Å². The maximum absolute atomic E-state index is 5.38. The average molecular weight is 185 g/mol. The maximum atomic E-state index is 5.38. The molecule has 2 rings (SSSR count). The van der Waals surface area contributed by atoms with Crippen molar-refractivity contribution in [2.75, 3.05) is 6.54 Å². The Morgan fingerprint density at radius 2 is 1.93 bits per heavy atom. The summed E-state index contributed by atoms with van der Waals surface area (Å²) in [5.74, 6) is 0. The first-order chi connectivity index (χ1) is 6.90. The summed E-state index contributed by atoms with van der Waals surface area (Å²) in [6.07, 6.45) is 7.44. The second kappa shape index (κ2) is 3.98. The molecule has 0 aliphatic heterocycles. The Labute approximate surface area is 82.3 Å². The Morgan fingerprint density at radius 1 is 1.14 bits per heavy atom. The number of nitrogens with two attached hydrogens (primary N) is 1. The van der Waals surface area contributed by atoms with Gasteiger partial charge >= 0.3 is 0 Å². The third-order valence-corrected chi connectivity index (χ3v) is 2.02. The van der Waals surface area contributed by atoms with Crippen molar-refractivity contribution in [3.05, 3.63) is 42.2 Å². The molecule has 1 aromatic carbocycles. The molecule has 0 fully saturated rings. The van der Waals surface area contributed by atoms with Crippen LogP contribution in [-0.2, 0) is 0 Å². The predicted octanol–water partition coefficient (Wildman–Crippen LogP) is 1.60. The van der Waals surface area contributed by atoms with Gasteiger partial charge in [0.15, 0.2) is 0 Å². The standard InChI is InChI=1S/C11H11N3/c12-5-1-2-9-3-4-10-7-13-14-8-11(10)6-9/h1-4,6-8H,5,12H2/b2-1+. The Balaban J connectivity index is 2.46. The summed E-state index contributed by atoms with van der Waals surface area (Å²) >= 11 is 0. The second-order valence-corrected chi connectivity index (χ2v) is 3.02. The smallest absolute Gasteiger partial charge is 0.0574 e. The summed E-state index contributed by atoms with van der Waals surface area (Å²) in [5.41, 5.74) is 6.51. The molecule has 0 aliphatic rings. The zero-order valence-electron chi connectivity index (χ0n) is 7.72. The molecule has 0 bridgehead atoms. The molecule has 3 nitrogen and oxygen atoms in total. The molecular formula is C11H11N3. The fraction of sp³-hybridized carbons (Fsp3) is 0.0909. The average Bonchev–Trinajstić information content (AvgIpc) is 2.26. The van der Waals surface area contributed by atoms with E-state index in [0.29, 0.717) is 6.54 Å². The molecule has 0 unspecified atom stereocenters. The molecule has 2 N–H and O–H groups in total. The lowest BCUT2D eigenvalue weighted by Gasteiger charge is -1.97. The molecule has 0 saturated carbocycles. The van der Waals surface area contributed by atoms with Gasteiger partial charge in [-0.15, -0.1) is 0 Å². The highest BCUT2D eigenvalue weighted by atomic mass is 15.1. The molecule has 14 heavy (non-hydrogen) atoms. The summed E-state index contributed by atoms with van der Waals surface area (Å²) in [6, 6.07) is 6.13. The van der Waals surface area contributed by atoms with Crippen LogP contribution in [0.2, 0.25) is 0 Å². The van der Waals surface area contributed by atoms with Crippen LogP contribution in [0.5, 0.6) is 0 Å². The molecule has 70 valence electrons. The van der Waals surface area contributed by atoms with Crippen LogP contribution in [0.1, 0.15) is 5.56 Å². The quantitative estimate of drug-likeness (QED) is 0.773. The van der Waals surface area contributed by atoms with Crippen LogP contribution >= 0.6 is 0 Å². The largest absolute Gasteiger partial charge is 0.327 e. The lowest BCUT2D eigenvalue weighted by Crippen LogP contribution is -1.91. The number of hydrogen-bond acceptors (Lipinski definition) is 3. The third kappa shape index (κ3) is 1.78. The molecule has 1 heterocycles. The number of benzene rings is 1. The molecule has 0 radical (unpaired) electrons. The second-order valence-electron chi connectivity index (χ2n) is 3.02. The maximum Gasteiger partial charge on any atom is 0.0574 e. The van der Waals surface area contributed by atoms with Gasteiger partial charge in [-0.1, -0.05) is 24.3 Å². The Morgan fingerprint density at radius 3 is 2.71 bits per heavy atom. The van der Waals surface area contributed by atoms with Crippen molar-refractivity contribution in [3.63, 3.8) is 0 Å². The van der Waals surface area contributed by atoms with Gasteiger partial charge < -0.3 is 5.73 Å². The molecule has 2 aromatic rings. The third-order valence-electron chi connectivity index (χ3n) is 2.02. The topological polar surface area (TPSA) is 51.8 Å². The van der Waals surface area contributed by atoms with Crippen molar-refractivity contribution in [1.82, 2.24) is 10.2 Å². The van der Waals surface area contributed by atoms with Crippen molar-refractivity contribution in [3.8, 4) is 0 Å². The Kier molecular flexibility index (Phi) is 2.51. The van der Waals surface area contributed by atoms with E-state index in [1.807, 2.05) is 24.3 Å². The van der Waals surface area contributed by atoms with Crippen LogP contribution in [0.3, 0.4) is 0 Å². The minimum atomic E-state index is 0.562. The van der Waals surface area contributed by atoms with E-state index in [9.17, 15) is 0 Å². The van der Waals surface area contributed by atoms with Crippen molar-refractivity contribution in [2.24, 2.45) is 5.73 Å². The lowest BCUT2D eigenvalue weighted by molar-refractivity contribution is 1.05. The summed E-state index contributed by atoms with van der Waals surface area (Å²) in [6.45, 7) is 0.562. The monoisotopic (exact) mass is 185 g/mol. The molecular weight excluding hydrogens is 174 g/mol. The van der Waals surface area contributed by atoms with E-state index in [4.69, 9.17) is 5.73 Å². The van der Waals surface area contributed by atoms with E-state index < -0.39 is 0 Å². The summed E-state index contributed by atoms with van der Waals surface area (Å²) in [7, 11) is 0. The first-order valence-electron chi connectivity index (χ1n) is 4.47. The van der Waals surface area contributed by atoms with Gasteiger partial charge in [0.1, 0.15) is 0 Å². The first kappa shape index (κ1) is 8.84. The normalized spacial score (nSPS) is 11.2. The Hall–Kier alpha value is -1.74. The van der Waals surface area contributed by atoms with Crippen LogP contribution in [0.4, 0.5) is 0 Å². The molecule has 3 heteroatoms. The molecule has 0 atom stereocenters. The summed E-state index contributed by atoms with van der Waals surface area (Å²) < 4.78 is 0. The highest BCUT2D eigenvalue weighted by molar-refractivity contribution is 5.83. The summed E-state index contributed by atoms with van der Waals surface area (Å²) in [5, 5.41) is 9.85. The van der Waals surface area contributed by atoms with Crippen LogP contribution in [0, 0.1) is 0 Å². The lowest BCUT2D eigenvalue weighted by atomic mass is 10.1. The van der Waals surface area contributed by atoms with Gasteiger partial charge in [-0.05, 0) is 11.6 Å². The molecule has 0 spiro atoms. The highest BCUT2D eigenvalue weighted by Crippen LogP contribution is 2.14. The molecule has 1 aromatic heterocycles. The zero-order valence-corrected chi connectivity index (χ0v) is 7.72. The minimum absolute atomic E-state index is 0.562. The number of hydrogen-bond donors (Lipinski definition) is 1. The SMILES string of the molecule is NC/C=C/c1ccc2cnncc2c1. The van der Waals surface area contributed by atoms with Crippen LogP contribution < -0.4 is 5.73 Å². The molecule has 0 saturated heterocycles. The van der Waals surface area contributed by atoms with Crippen molar-refractivity contribution in [2.45, 2.75) is 0 Å². The van der Waals surface area contributed by atoms with Crippen LogP contribution in [-0.4, -0.2) is 16.7 Å². The number of rotatable bonds is 2. The van der Waals surface area contributed by atoms with Crippen molar-refractivity contribution < 1.29 is 0 Å².